The third-order valence-electron chi connectivity index (χ3n) is 2.36. The van der Waals surface area contributed by atoms with Crippen LogP contribution in [0.3, 0.4) is 0 Å². The van der Waals surface area contributed by atoms with Crippen LogP contribution < -0.4 is 16.4 Å². The number of aromatic nitrogens is 3. The number of carbonyl (C=O) groups is 2. The molecule has 120 valence electrons. The monoisotopic (exact) mass is 340 g/mol. The Morgan fingerprint density at radius 2 is 2.22 bits per heavy atom. The summed E-state index contributed by atoms with van der Waals surface area (Å²) in [5.74, 6) is -2.26. The molecule has 0 atom stereocenters. The second kappa shape index (κ2) is 6.61. The number of H-pyrrole nitrogens is 1. The van der Waals surface area contributed by atoms with Crippen molar-refractivity contribution in [2.45, 2.75) is 0 Å². The highest BCUT2D eigenvalue weighted by Gasteiger charge is 2.22. The van der Waals surface area contributed by atoms with Gasteiger partial charge in [0.2, 0.25) is 10.8 Å². The minimum Gasteiger partial charge on any atom is -0.465 e. The zero-order valence-corrected chi connectivity index (χ0v) is 12.2. The number of hydrogen-bond acceptors (Lipinski definition) is 10. The summed E-state index contributed by atoms with van der Waals surface area (Å²) in [7, 11) is 1.14. The summed E-state index contributed by atoms with van der Waals surface area (Å²) < 4.78 is 4.47. The van der Waals surface area contributed by atoms with Gasteiger partial charge in [0.25, 0.3) is 11.5 Å². The molecule has 0 bridgehead atoms. The molecule has 3 N–H and O–H groups in total. The van der Waals surface area contributed by atoms with E-state index in [4.69, 9.17) is 0 Å². The Labute approximate surface area is 130 Å². The maximum absolute atomic E-state index is 11.8. The first kappa shape index (κ1) is 16.0. The Bertz CT molecular complexity index is 829. The molecule has 0 aliphatic rings. The highest BCUT2D eigenvalue weighted by atomic mass is 32.1. The number of nitrogens with zero attached hydrogens (tertiary/aromatic N) is 3. The highest BCUT2D eigenvalue weighted by Crippen LogP contribution is 2.15. The Hall–Kier alpha value is -3.35. The lowest BCUT2D eigenvalue weighted by molar-refractivity contribution is -0.389. The molecule has 13 heteroatoms. The molecule has 0 fully saturated rings. The molecule has 2 aromatic heterocycles. The number of carbonyl (C=O) groups excluding carboxylic acids is 2. The molecule has 0 spiro atoms. The number of nitrogens with one attached hydrogen (secondary N) is 3. The van der Waals surface area contributed by atoms with Gasteiger partial charge in [-0.3, -0.25) is 20.4 Å². The number of imidazole rings is 1. The van der Waals surface area contributed by atoms with Crippen LogP contribution in [0.2, 0.25) is 0 Å². The summed E-state index contributed by atoms with van der Waals surface area (Å²) in [4.78, 5) is 53.7. The first-order valence-electron chi connectivity index (χ1n) is 5.77. The van der Waals surface area contributed by atoms with E-state index in [1.165, 1.54) is 0 Å². The lowest BCUT2D eigenvalue weighted by atomic mass is 10.4. The average molecular weight is 340 g/mol. The first-order valence-corrected chi connectivity index (χ1v) is 6.58. The Balaban J connectivity index is 2.14. The van der Waals surface area contributed by atoms with Crippen molar-refractivity contribution in [3.8, 4) is 0 Å². The second-order valence-corrected chi connectivity index (χ2v) is 4.82. The van der Waals surface area contributed by atoms with E-state index in [1.54, 1.807) is 0 Å². The number of hydrogen-bond donors (Lipinski definition) is 3. The number of hydrazine groups is 1. The van der Waals surface area contributed by atoms with Crippen molar-refractivity contribution in [1.29, 1.82) is 0 Å². The molecule has 1 amide bonds. The van der Waals surface area contributed by atoms with Gasteiger partial charge < -0.3 is 14.9 Å². The zero-order chi connectivity index (χ0) is 17.0. The number of methoxy groups -OCH3 is 1. The number of nitro groups is 1. The molecule has 12 nitrogen and oxygen atoms in total. The van der Waals surface area contributed by atoms with Gasteiger partial charge in [-0.05, 0) is 4.92 Å². The summed E-state index contributed by atoms with van der Waals surface area (Å²) >= 11 is 0.745. The smallest absolute Gasteiger partial charge is 0.353 e. The van der Waals surface area contributed by atoms with E-state index in [0.717, 1.165) is 30.8 Å². The number of anilines is 1. The molecule has 0 saturated heterocycles. The topological polar surface area (TPSA) is 169 Å². The molecule has 0 unspecified atom stereocenters. The quantitative estimate of drug-likeness (QED) is 0.375. The van der Waals surface area contributed by atoms with Crippen molar-refractivity contribution in [3.05, 3.63) is 43.4 Å². The summed E-state index contributed by atoms with van der Waals surface area (Å²) in [5.41, 5.74) is 3.18. The molecular formula is C10H8N6O6S. The van der Waals surface area contributed by atoms with E-state index < -0.39 is 33.9 Å². The molecule has 0 aliphatic heterocycles. The van der Waals surface area contributed by atoms with Gasteiger partial charge >= 0.3 is 11.8 Å². The molecule has 2 aromatic rings. The number of amides is 1. The predicted octanol–water partition coefficient (Wildman–Crippen LogP) is -0.322. The predicted molar refractivity (Wildman–Crippen MR) is 76.1 cm³/mol. The molecule has 0 aromatic carbocycles. The number of aromatic amines is 1. The van der Waals surface area contributed by atoms with Crippen molar-refractivity contribution in [3.63, 3.8) is 0 Å². The summed E-state index contributed by atoms with van der Waals surface area (Å²) in [6, 6.07) is 0.974. The lowest BCUT2D eigenvalue weighted by Gasteiger charge is -2.06. The minimum atomic E-state index is -0.928. The van der Waals surface area contributed by atoms with Crippen LogP contribution in [-0.4, -0.2) is 38.9 Å². The van der Waals surface area contributed by atoms with E-state index in [-0.39, 0.29) is 10.0 Å². The molecule has 2 heterocycles. The first-order chi connectivity index (χ1) is 10.9. The standard InChI is InChI=1S/C10H8N6O6S/c1-22-9(19)4-2-5(17)13-10(23-4)15-14-8(18)6-7(16(20)21)12-3-11-6/h2-3H,1H3,(H,11,12)(H,14,18)(H,13,15,17). The van der Waals surface area contributed by atoms with Crippen LogP contribution in [-0.2, 0) is 4.74 Å². The van der Waals surface area contributed by atoms with E-state index in [2.05, 4.69) is 30.5 Å². The van der Waals surface area contributed by atoms with Gasteiger partial charge in [0.15, 0.2) is 6.33 Å². The van der Waals surface area contributed by atoms with Crippen molar-refractivity contribution < 1.29 is 19.2 Å². The maximum atomic E-state index is 11.8. The third kappa shape index (κ3) is 3.65. The van der Waals surface area contributed by atoms with Crippen LogP contribution in [0.25, 0.3) is 0 Å². The molecule has 0 saturated carbocycles. The van der Waals surface area contributed by atoms with Crippen molar-refractivity contribution in [2.75, 3.05) is 12.5 Å². The van der Waals surface area contributed by atoms with Crippen LogP contribution in [0, 0.1) is 10.1 Å². The van der Waals surface area contributed by atoms with Gasteiger partial charge in [0, 0.05) is 6.07 Å². The Morgan fingerprint density at radius 3 is 2.87 bits per heavy atom. The SMILES string of the molecule is COC(=O)c1cc(=O)nc(NNC(=O)c2nc[nH]c2[N+](=O)[O-])s1. The molecular weight excluding hydrogens is 332 g/mol. The fourth-order valence-electron chi connectivity index (χ4n) is 1.42. The van der Waals surface area contributed by atoms with E-state index >= 15 is 0 Å². The van der Waals surface area contributed by atoms with Gasteiger partial charge in [0.05, 0.1) is 7.11 Å². The lowest BCUT2D eigenvalue weighted by Crippen LogP contribution is -2.31. The summed E-state index contributed by atoms with van der Waals surface area (Å²) in [6.45, 7) is 0. The third-order valence-corrected chi connectivity index (χ3v) is 3.25. The van der Waals surface area contributed by atoms with Gasteiger partial charge in [0.1, 0.15) is 4.88 Å². The molecule has 23 heavy (non-hydrogen) atoms. The molecule has 0 radical (unpaired) electrons. The Morgan fingerprint density at radius 1 is 1.48 bits per heavy atom. The minimum absolute atomic E-state index is 0.0324. The van der Waals surface area contributed by atoms with Crippen molar-refractivity contribution >= 4 is 34.2 Å². The van der Waals surface area contributed by atoms with Crippen LogP contribution >= 0.6 is 11.3 Å². The fourth-order valence-corrected chi connectivity index (χ4v) is 2.19. The van der Waals surface area contributed by atoms with Crippen LogP contribution in [0.5, 0.6) is 0 Å². The number of ether oxygens (including phenoxy) is 1. The van der Waals surface area contributed by atoms with E-state index in [9.17, 15) is 24.5 Å². The van der Waals surface area contributed by atoms with Crippen LogP contribution in [0.4, 0.5) is 10.9 Å². The normalized spacial score (nSPS) is 9.96. The summed E-state index contributed by atoms with van der Waals surface area (Å²) in [6.07, 6.45) is 0.988. The van der Waals surface area contributed by atoms with Crippen LogP contribution in [0.15, 0.2) is 17.2 Å². The highest BCUT2D eigenvalue weighted by molar-refractivity contribution is 7.17. The molecule has 2 rings (SSSR count). The number of esters is 1. The van der Waals surface area contributed by atoms with Crippen LogP contribution in [0.1, 0.15) is 20.2 Å². The van der Waals surface area contributed by atoms with E-state index in [1.807, 2.05) is 0 Å². The maximum Gasteiger partial charge on any atom is 0.353 e. The Kier molecular flexibility index (Phi) is 4.61. The van der Waals surface area contributed by atoms with Crippen molar-refractivity contribution in [2.24, 2.45) is 0 Å². The van der Waals surface area contributed by atoms with Crippen molar-refractivity contribution in [1.82, 2.24) is 20.4 Å². The fraction of sp³-hybridized carbons (Fsp3) is 0.100. The van der Waals surface area contributed by atoms with Gasteiger partial charge in [-0.1, -0.05) is 11.3 Å². The van der Waals surface area contributed by atoms with E-state index in [0.29, 0.717) is 0 Å². The largest absolute Gasteiger partial charge is 0.465 e. The number of rotatable bonds is 5. The zero-order valence-electron chi connectivity index (χ0n) is 11.4. The summed E-state index contributed by atoms with van der Waals surface area (Å²) in [5, 5.41) is 10.6. The second-order valence-electron chi connectivity index (χ2n) is 3.79. The average Bonchev–Trinajstić information content (AvgIpc) is 3.01. The molecule has 0 aliphatic carbocycles. The van der Waals surface area contributed by atoms with Gasteiger partial charge in [-0.2, -0.15) is 4.98 Å². The van der Waals surface area contributed by atoms with Gasteiger partial charge in [-0.25, -0.2) is 14.8 Å². The van der Waals surface area contributed by atoms with Gasteiger partial charge in [-0.15, -0.1) is 0 Å².